The predicted octanol–water partition coefficient (Wildman–Crippen LogP) is 6.54. The van der Waals surface area contributed by atoms with Crippen molar-refractivity contribution in [3.63, 3.8) is 0 Å². The molecule has 2 aromatic carbocycles. The number of alkyl halides is 3. The summed E-state index contributed by atoms with van der Waals surface area (Å²) in [5, 5.41) is 0. The second-order valence-electron chi connectivity index (χ2n) is 6.49. The van der Waals surface area contributed by atoms with Crippen LogP contribution >= 0.6 is 0 Å². The highest BCUT2D eigenvalue weighted by Crippen LogP contribution is 2.42. The van der Waals surface area contributed by atoms with Gasteiger partial charge >= 0.3 is 6.11 Å². The van der Waals surface area contributed by atoms with Crippen molar-refractivity contribution in [2.24, 2.45) is 5.92 Å². The Balaban J connectivity index is 1.85. The van der Waals surface area contributed by atoms with Crippen LogP contribution in [0.1, 0.15) is 18.1 Å². The van der Waals surface area contributed by atoms with Crippen LogP contribution in [0.5, 0.6) is 5.75 Å². The molecule has 0 saturated carbocycles. The van der Waals surface area contributed by atoms with Crippen molar-refractivity contribution in [1.82, 2.24) is 0 Å². The van der Waals surface area contributed by atoms with Crippen LogP contribution < -0.4 is 4.74 Å². The van der Waals surface area contributed by atoms with Crippen LogP contribution in [-0.2, 0) is 6.42 Å². The van der Waals surface area contributed by atoms with Crippen molar-refractivity contribution >= 4 is 5.57 Å². The van der Waals surface area contributed by atoms with E-state index in [9.17, 15) is 30.7 Å². The quantitative estimate of drug-likeness (QED) is 0.397. The van der Waals surface area contributed by atoms with Crippen molar-refractivity contribution in [3.05, 3.63) is 83.0 Å². The smallest absolute Gasteiger partial charge is 0.410 e. The normalized spacial score (nSPS) is 19.6. The monoisotopic (exact) mass is 416 g/mol. The lowest BCUT2D eigenvalue weighted by Crippen LogP contribution is -2.41. The summed E-state index contributed by atoms with van der Waals surface area (Å²) in [4.78, 5) is 0. The summed E-state index contributed by atoms with van der Waals surface area (Å²) in [6, 6.07) is 7.05. The molecule has 0 fully saturated rings. The first-order chi connectivity index (χ1) is 13.6. The second-order valence-corrected chi connectivity index (χ2v) is 6.49. The average molecular weight is 416 g/mol. The van der Waals surface area contributed by atoms with Gasteiger partial charge in [-0.05, 0) is 35.3 Å². The molecule has 0 aliphatic heterocycles. The van der Waals surface area contributed by atoms with E-state index in [1.165, 1.54) is 0 Å². The average Bonchev–Trinajstić information content (AvgIpc) is 2.65. The van der Waals surface area contributed by atoms with Gasteiger partial charge in [0.25, 0.3) is 0 Å². The molecule has 0 saturated heterocycles. The highest BCUT2D eigenvalue weighted by Gasteiger charge is 2.51. The summed E-state index contributed by atoms with van der Waals surface area (Å²) in [7, 11) is 0. The molecule has 29 heavy (non-hydrogen) atoms. The Bertz CT molecular complexity index is 940. The number of hydrogen-bond acceptors (Lipinski definition) is 1. The molecule has 154 valence electrons. The highest BCUT2D eigenvalue weighted by molar-refractivity contribution is 5.76. The van der Waals surface area contributed by atoms with Gasteiger partial charge in [-0.15, -0.1) is 0 Å². The van der Waals surface area contributed by atoms with Crippen LogP contribution in [0, 0.1) is 23.4 Å². The molecule has 2 aromatic rings. The van der Waals surface area contributed by atoms with Gasteiger partial charge in [-0.1, -0.05) is 31.2 Å². The summed E-state index contributed by atoms with van der Waals surface area (Å²) >= 11 is 0. The SMILES string of the molecule is CCc1ccc(C2=CC(F)C(C(F)(F)Oc3cc(F)c(F)c(F)c3)C(F)=C2)cc1. The van der Waals surface area contributed by atoms with E-state index in [1.807, 2.05) is 6.92 Å². The number of halogens is 7. The molecule has 0 amide bonds. The van der Waals surface area contributed by atoms with Crippen molar-refractivity contribution in [2.75, 3.05) is 0 Å². The molecule has 1 aliphatic carbocycles. The van der Waals surface area contributed by atoms with Gasteiger partial charge in [0.1, 0.15) is 23.7 Å². The minimum atomic E-state index is -4.50. The van der Waals surface area contributed by atoms with Gasteiger partial charge in [-0.3, -0.25) is 0 Å². The van der Waals surface area contributed by atoms with E-state index in [4.69, 9.17) is 0 Å². The zero-order valence-electron chi connectivity index (χ0n) is 15.0. The zero-order valence-corrected chi connectivity index (χ0v) is 15.0. The molecule has 0 bridgehead atoms. The first kappa shape index (κ1) is 21.0. The molecule has 2 unspecified atom stereocenters. The van der Waals surface area contributed by atoms with Gasteiger partial charge in [0.05, 0.1) is 0 Å². The number of rotatable bonds is 5. The maximum absolute atomic E-state index is 14.5. The topological polar surface area (TPSA) is 9.23 Å². The van der Waals surface area contributed by atoms with Gasteiger partial charge < -0.3 is 4.74 Å². The number of aryl methyl sites for hydroxylation is 1. The van der Waals surface area contributed by atoms with E-state index in [0.29, 0.717) is 5.56 Å². The summed E-state index contributed by atoms with van der Waals surface area (Å²) in [6.07, 6.45) is -4.65. The van der Waals surface area contributed by atoms with E-state index in [-0.39, 0.29) is 17.7 Å². The van der Waals surface area contributed by atoms with E-state index in [0.717, 1.165) is 24.1 Å². The Kier molecular flexibility index (Phi) is 5.73. The third-order valence-electron chi connectivity index (χ3n) is 4.52. The number of allylic oxidation sites excluding steroid dienone is 3. The molecule has 0 radical (unpaired) electrons. The van der Waals surface area contributed by atoms with E-state index >= 15 is 0 Å². The standard InChI is InChI=1S/C21H15F7O/c1-2-11-3-5-12(6-4-11)13-7-15(22)19(16(23)8-13)21(27,28)29-14-9-17(24)20(26)18(25)10-14/h3-10,15,19H,2H2,1H3. The van der Waals surface area contributed by atoms with Crippen LogP contribution in [-0.4, -0.2) is 12.3 Å². The molecule has 8 heteroatoms. The summed E-state index contributed by atoms with van der Waals surface area (Å²) in [5.41, 5.74) is 1.50. The van der Waals surface area contributed by atoms with Gasteiger partial charge in [-0.25, -0.2) is 22.0 Å². The van der Waals surface area contributed by atoms with Crippen LogP contribution in [0.4, 0.5) is 30.7 Å². The second kappa shape index (κ2) is 7.93. The van der Waals surface area contributed by atoms with Crippen molar-refractivity contribution < 1.29 is 35.5 Å². The summed E-state index contributed by atoms with van der Waals surface area (Å²) in [5.74, 6) is -10.7. The Morgan fingerprint density at radius 3 is 2.07 bits per heavy atom. The molecule has 0 heterocycles. The van der Waals surface area contributed by atoms with Gasteiger partial charge in [-0.2, -0.15) is 8.78 Å². The molecule has 3 rings (SSSR count). The van der Waals surface area contributed by atoms with Crippen LogP contribution in [0.15, 0.2) is 54.4 Å². The lowest BCUT2D eigenvalue weighted by atomic mass is 9.89. The minimum Gasteiger partial charge on any atom is -0.432 e. The fourth-order valence-corrected chi connectivity index (χ4v) is 2.98. The van der Waals surface area contributed by atoms with Gasteiger partial charge in [0.15, 0.2) is 17.5 Å². The number of ether oxygens (including phenoxy) is 1. The molecule has 1 nitrogen and oxygen atoms in total. The molecule has 2 atom stereocenters. The Hall–Kier alpha value is -2.77. The largest absolute Gasteiger partial charge is 0.432 e. The maximum Gasteiger partial charge on any atom is 0.410 e. The van der Waals surface area contributed by atoms with E-state index < -0.39 is 47.2 Å². The summed E-state index contributed by atoms with van der Waals surface area (Å²) < 4.78 is 101. The van der Waals surface area contributed by atoms with Crippen molar-refractivity contribution in [2.45, 2.75) is 25.6 Å². The Morgan fingerprint density at radius 1 is 0.966 bits per heavy atom. The minimum absolute atomic E-state index is 0.0728. The summed E-state index contributed by atoms with van der Waals surface area (Å²) in [6.45, 7) is 1.93. The predicted molar refractivity (Wildman–Crippen MR) is 93.3 cm³/mol. The van der Waals surface area contributed by atoms with Crippen molar-refractivity contribution in [1.29, 1.82) is 0 Å². The molecule has 0 spiro atoms. The Morgan fingerprint density at radius 2 is 1.55 bits per heavy atom. The maximum atomic E-state index is 14.5. The number of benzene rings is 2. The van der Waals surface area contributed by atoms with Crippen LogP contribution in [0.25, 0.3) is 5.57 Å². The fourth-order valence-electron chi connectivity index (χ4n) is 2.98. The van der Waals surface area contributed by atoms with Crippen LogP contribution in [0.2, 0.25) is 0 Å². The lowest BCUT2D eigenvalue weighted by Gasteiger charge is -2.29. The van der Waals surface area contributed by atoms with Gasteiger partial charge in [0.2, 0.25) is 0 Å². The molecule has 1 aliphatic rings. The number of hydrogen-bond donors (Lipinski definition) is 0. The Labute approximate surface area is 162 Å². The first-order valence-corrected chi connectivity index (χ1v) is 8.66. The third kappa shape index (κ3) is 4.31. The highest BCUT2D eigenvalue weighted by atomic mass is 19.3. The van der Waals surface area contributed by atoms with Gasteiger partial charge in [0, 0.05) is 12.1 Å². The zero-order chi connectivity index (χ0) is 21.3. The third-order valence-corrected chi connectivity index (χ3v) is 4.52. The fraction of sp³-hybridized carbons (Fsp3) is 0.238. The first-order valence-electron chi connectivity index (χ1n) is 8.66. The lowest BCUT2D eigenvalue weighted by molar-refractivity contribution is -0.219. The van der Waals surface area contributed by atoms with Crippen molar-refractivity contribution in [3.8, 4) is 5.75 Å². The van der Waals surface area contributed by atoms with E-state index in [2.05, 4.69) is 4.74 Å². The molecule has 0 N–H and O–H groups in total. The van der Waals surface area contributed by atoms with Crippen LogP contribution in [0.3, 0.4) is 0 Å². The molecule has 0 aromatic heterocycles. The molecular weight excluding hydrogens is 401 g/mol. The molecular formula is C21H15F7O. The van der Waals surface area contributed by atoms with E-state index in [1.54, 1.807) is 24.3 Å².